The predicted octanol–water partition coefficient (Wildman–Crippen LogP) is 2.53. The number of sulfonamides is 1. The summed E-state index contributed by atoms with van der Waals surface area (Å²) in [5.74, 6) is 0.00174. The van der Waals surface area contributed by atoms with Crippen molar-refractivity contribution in [3.8, 4) is 0 Å². The number of hydrogen-bond donors (Lipinski definition) is 1. The Balaban J connectivity index is 1.91. The molecule has 0 atom stereocenters. The molecule has 2 heterocycles. The average Bonchev–Trinajstić information content (AvgIpc) is 2.86. The molecule has 1 saturated heterocycles. The number of anilines is 1. The van der Waals surface area contributed by atoms with Gasteiger partial charge in [0, 0.05) is 25.2 Å². The SMILES string of the molecule is O=C1CCCc2cc(S(=O)(=O)N3CCCCCC3)ccc2N1. The summed E-state index contributed by atoms with van der Waals surface area (Å²) in [6.45, 7) is 1.21. The first kappa shape index (κ1) is 15.5. The molecule has 3 rings (SSSR count). The molecule has 2 aliphatic rings. The lowest BCUT2D eigenvalue weighted by Gasteiger charge is -2.20. The highest BCUT2D eigenvalue weighted by molar-refractivity contribution is 7.89. The van der Waals surface area contributed by atoms with Crippen LogP contribution in [-0.4, -0.2) is 31.7 Å². The number of amides is 1. The maximum Gasteiger partial charge on any atom is 0.243 e. The Hall–Kier alpha value is -1.40. The van der Waals surface area contributed by atoms with Crippen molar-refractivity contribution in [1.82, 2.24) is 4.31 Å². The van der Waals surface area contributed by atoms with Crippen molar-refractivity contribution in [3.63, 3.8) is 0 Å². The van der Waals surface area contributed by atoms with Crippen LogP contribution in [0.25, 0.3) is 0 Å². The summed E-state index contributed by atoms with van der Waals surface area (Å²) in [6, 6.07) is 5.08. The number of nitrogens with zero attached hydrogens (tertiary/aromatic N) is 1. The van der Waals surface area contributed by atoms with E-state index >= 15 is 0 Å². The van der Waals surface area contributed by atoms with Crippen molar-refractivity contribution in [2.45, 2.75) is 49.8 Å². The van der Waals surface area contributed by atoms with Gasteiger partial charge < -0.3 is 5.32 Å². The van der Waals surface area contributed by atoms with Gasteiger partial charge in [-0.3, -0.25) is 4.79 Å². The Kier molecular flexibility index (Phi) is 4.49. The summed E-state index contributed by atoms with van der Waals surface area (Å²) in [7, 11) is -3.42. The van der Waals surface area contributed by atoms with Crippen molar-refractivity contribution < 1.29 is 13.2 Å². The largest absolute Gasteiger partial charge is 0.326 e. The highest BCUT2D eigenvalue weighted by Gasteiger charge is 2.26. The van der Waals surface area contributed by atoms with Gasteiger partial charge in [-0.15, -0.1) is 0 Å². The van der Waals surface area contributed by atoms with E-state index in [0.717, 1.165) is 49.8 Å². The van der Waals surface area contributed by atoms with Gasteiger partial charge in [-0.2, -0.15) is 4.31 Å². The molecule has 0 saturated carbocycles. The van der Waals surface area contributed by atoms with Gasteiger partial charge in [0.15, 0.2) is 0 Å². The van der Waals surface area contributed by atoms with E-state index in [4.69, 9.17) is 0 Å². The Labute approximate surface area is 131 Å². The molecule has 0 unspecified atom stereocenters. The molecule has 6 heteroatoms. The lowest BCUT2D eigenvalue weighted by Crippen LogP contribution is -2.32. The van der Waals surface area contributed by atoms with E-state index in [0.29, 0.717) is 24.4 Å². The van der Waals surface area contributed by atoms with Crippen molar-refractivity contribution >= 4 is 21.6 Å². The van der Waals surface area contributed by atoms with Crippen LogP contribution in [0.4, 0.5) is 5.69 Å². The summed E-state index contributed by atoms with van der Waals surface area (Å²) >= 11 is 0. The monoisotopic (exact) mass is 322 g/mol. The topological polar surface area (TPSA) is 66.5 Å². The Morgan fingerprint density at radius 1 is 0.955 bits per heavy atom. The molecule has 5 nitrogen and oxygen atoms in total. The van der Waals surface area contributed by atoms with Crippen LogP contribution in [0.3, 0.4) is 0 Å². The zero-order chi connectivity index (χ0) is 15.6. The fraction of sp³-hybridized carbons (Fsp3) is 0.562. The van der Waals surface area contributed by atoms with Gasteiger partial charge in [0.05, 0.1) is 4.90 Å². The molecule has 0 bridgehead atoms. The van der Waals surface area contributed by atoms with Gasteiger partial charge in [0.25, 0.3) is 0 Å². The number of aryl methyl sites for hydroxylation is 1. The molecule has 22 heavy (non-hydrogen) atoms. The molecule has 0 spiro atoms. The predicted molar refractivity (Wildman–Crippen MR) is 85.2 cm³/mol. The second-order valence-electron chi connectivity index (χ2n) is 6.04. The molecule has 0 aromatic heterocycles. The summed E-state index contributed by atoms with van der Waals surface area (Å²) in [5, 5.41) is 2.84. The molecule has 0 aliphatic carbocycles. The minimum absolute atomic E-state index is 0.00174. The maximum atomic E-state index is 12.8. The molecule has 1 aromatic rings. The molecule has 1 N–H and O–H groups in total. The smallest absolute Gasteiger partial charge is 0.243 e. The highest BCUT2D eigenvalue weighted by Crippen LogP contribution is 2.27. The lowest BCUT2D eigenvalue weighted by atomic mass is 10.1. The highest BCUT2D eigenvalue weighted by atomic mass is 32.2. The summed E-state index contributed by atoms with van der Waals surface area (Å²) in [5.41, 5.74) is 1.67. The minimum atomic E-state index is -3.42. The molecular formula is C16H22N2O3S. The molecule has 0 radical (unpaired) electrons. The van der Waals surface area contributed by atoms with Crippen LogP contribution in [0, 0.1) is 0 Å². The van der Waals surface area contributed by atoms with E-state index in [1.165, 1.54) is 0 Å². The van der Waals surface area contributed by atoms with Gasteiger partial charge in [0.1, 0.15) is 0 Å². The van der Waals surface area contributed by atoms with E-state index in [9.17, 15) is 13.2 Å². The number of hydrogen-bond acceptors (Lipinski definition) is 3. The van der Waals surface area contributed by atoms with Gasteiger partial charge in [0.2, 0.25) is 15.9 Å². The van der Waals surface area contributed by atoms with Crippen LogP contribution in [0.2, 0.25) is 0 Å². The fourth-order valence-corrected chi connectivity index (χ4v) is 4.71. The molecule has 120 valence electrons. The van der Waals surface area contributed by atoms with E-state index in [2.05, 4.69) is 5.32 Å². The number of rotatable bonds is 2. The Bertz CT molecular complexity index is 662. The van der Waals surface area contributed by atoms with Crippen LogP contribution < -0.4 is 5.32 Å². The van der Waals surface area contributed by atoms with E-state index in [1.54, 1.807) is 22.5 Å². The molecule has 2 aliphatic heterocycles. The normalized spacial score (nSPS) is 20.6. The molecule has 1 aromatic carbocycles. The second-order valence-corrected chi connectivity index (χ2v) is 7.98. The maximum absolute atomic E-state index is 12.8. The quantitative estimate of drug-likeness (QED) is 0.910. The zero-order valence-electron chi connectivity index (χ0n) is 12.7. The van der Waals surface area contributed by atoms with Gasteiger partial charge in [-0.25, -0.2) is 8.42 Å². The Morgan fingerprint density at radius 3 is 2.41 bits per heavy atom. The van der Waals surface area contributed by atoms with Crippen LogP contribution in [0.1, 0.15) is 44.1 Å². The van der Waals surface area contributed by atoms with Crippen LogP contribution >= 0.6 is 0 Å². The molecule has 1 fully saturated rings. The first-order valence-corrected chi connectivity index (χ1v) is 9.44. The first-order chi connectivity index (χ1) is 10.6. The average molecular weight is 322 g/mol. The van der Waals surface area contributed by atoms with Crippen molar-refractivity contribution in [2.75, 3.05) is 18.4 Å². The summed E-state index contributed by atoms with van der Waals surface area (Å²) in [6.07, 6.45) is 6.04. The standard InChI is InChI=1S/C16H22N2O3S/c19-16-7-5-6-13-12-14(8-9-15(13)17-16)22(20,21)18-10-3-1-2-4-11-18/h8-9,12H,1-7,10-11H2,(H,17,19). The van der Waals surface area contributed by atoms with E-state index in [-0.39, 0.29) is 5.91 Å². The first-order valence-electron chi connectivity index (χ1n) is 8.00. The third-order valence-electron chi connectivity index (χ3n) is 4.40. The van der Waals surface area contributed by atoms with Crippen LogP contribution in [0.15, 0.2) is 23.1 Å². The third-order valence-corrected chi connectivity index (χ3v) is 6.30. The molecular weight excluding hydrogens is 300 g/mol. The van der Waals surface area contributed by atoms with Crippen molar-refractivity contribution in [3.05, 3.63) is 23.8 Å². The fourth-order valence-electron chi connectivity index (χ4n) is 3.14. The summed E-state index contributed by atoms with van der Waals surface area (Å²) < 4.78 is 27.2. The lowest BCUT2D eigenvalue weighted by molar-refractivity contribution is -0.116. The van der Waals surface area contributed by atoms with Crippen molar-refractivity contribution in [2.24, 2.45) is 0 Å². The van der Waals surface area contributed by atoms with Gasteiger partial charge >= 0.3 is 0 Å². The second kappa shape index (κ2) is 6.38. The number of carbonyl (C=O) groups excluding carboxylic acids is 1. The van der Waals surface area contributed by atoms with Crippen molar-refractivity contribution in [1.29, 1.82) is 0 Å². The molecule has 1 amide bonds. The third kappa shape index (κ3) is 3.17. The number of nitrogens with one attached hydrogen (secondary N) is 1. The number of fused-ring (bicyclic) bond motifs is 1. The number of carbonyl (C=O) groups is 1. The van der Waals surface area contributed by atoms with Crippen LogP contribution in [0.5, 0.6) is 0 Å². The summed E-state index contributed by atoms with van der Waals surface area (Å²) in [4.78, 5) is 11.9. The van der Waals surface area contributed by atoms with Gasteiger partial charge in [-0.1, -0.05) is 12.8 Å². The minimum Gasteiger partial charge on any atom is -0.326 e. The van der Waals surface area contributed by atoms with Gasteiger partial charge in [-0.05, 0) is 49.4 Å². The van der Waals surface area contributed by atoms with E-state index in [1.807, 2.05) is 0 Å². The zero-order valence-corrected chi connectivity index (χ0v) is 13.5. The van der Waals surface area contributed by atoms with Crippen LogP contribution in [-0.2, 0) is 21.2 Å². The Morgan fingerprint density at radius 2 is 1.68 bits per heavy atom. The number of benzene rings is 1. The van der Waals surface area contributed by atoms with E-state index < -0.39 is 10.0 Å².